The van der Waals surface area contributed by atoms with Gasteiger partial charge in [0.25, 0.3) is 0 Å². The van der Waals surface area contributed by atoms with E-state index in [4.69, 9.17) is 11.5 Å². The molecule has 7 heteroatoms. The molecule has 0 saturated carbocycles. The predicted octanol–water partition coefficient (Wildman–Crippen LogP) is 0.272. The number of pyridine rings is 1. The number of nitrogens with zero attached hydrogens (tertiary/aromatic N) is 1. The lowest BCUT2D eigenvalue weighted by atomic mass is 10.3. The van der Waals surface area contributed by atoms with Crippen LogP contribution in [-0.2, 0) is 11.3 Å². The van der Waals surface area contributed by atoms with Gasteiger partial charge >= 0.3 is 5.97 Å². The van der Waals surface area contributed by atoms with Crippen LogP contribution in [0.2, 0.25) is 0 Å². The highest BCUT2D eigenvalue weighted by atomic mass is 32.2. The molecule has 1 atom stereocenters. The van der Waals surface area contributed by atoms with Crippen LogP contribution in [0, 0.1) is 19.3 Å². The second-order valence-electron chi connectivity index (χ2n) is 4.36. The Morgan fingerprint density at radius 1 is 1.62 bits per heavy atom. The summed E-state index contributed by atoms with van der Waals surface area (Å²) in [5.74, 6) is 2.21. The van der Waals surface area contributed by atoms with Crippen molar-refractivity contribution in [3.8, 4) is 18.1 Å². The van der Waals surface area contributed by atoms with Crippen LogP contribution in [0.25, 0.3) is 0 Å². The topological polar surface area (TPSA) is 91.6 Å². The van der Waals surface area contributed by atoms with E-state index in [1.807, 2.05) is 0 Å². The van der Waals surface area contributed by atoms with Crippen molar-refractivity contribution in [1.29, 1.82) is 0 Å². The Bertz CT molecular complexity index is 592. The van der Waals surface area contributed by atoms with E-state index in [9.17, 15) is 14.7 Å². The van der Waals surface area contributed by atoms with E-state index in [-0.39, 0.29) is 12.3 Å². The number of aromatic nitrogens is 1. The van der Waals surface area contributed by atoms with E-state index in [0.717, 1.165) is 0 Å². The Labute approximate surface area is 127 Å². The van der Waals surface area contributed by atoms with Crippen molar-refractivity contribution < 1.29 is 15.0 Å². The molecule has 0 aliphatic rings. The summed E-state index contributed by atoms with van der Waals surface area (Å²) in [7, 11) is 0. The van der Waals surface area contributed by atoms with Gasteiger partial charge in [-0.05, 0) is 6.92 Å². The van der Waals surface area contributed by atoms with E-state index >= 15 is 0 Å². The van der Waals surface area contributed by atoms with Crippen LogP contribution >= 0.6 is 11.8 Å². The Morgan fingerprint density at radius 2 is 2.33 bits per heavy atom. The predicted molar refractivity (Wildman–Crippen MR) is 82.7 cm³/mol. The third-order valence-corrected chi connectivity index (χ3v) is 3.96. The minimum absolute atomic E-state index is 0.213. The van der Waals surface area contributed by atoms with Crippen molar-refractivity contribution in [2.24, 2.45) is 0 Å². The van der Waals surface area contributed by atoms with Gasteiger partial charge in [-0.1, -0.05) is 5.92 Å². The number of aromatic hydroxyl groups is 1. The number of carboxylic acid groups (broad SMARTS) is 1. The molecule has 0 aromatic carbocycles. The van der Waals surface area contributed by atoms with Gasteiger partial charge in [-0.25, -0.2) is 0 Å². The number of hydrogen-bond acceptors (Lipinski definition) is 5. The van der Waals surface area contributed by atoms with E-state index < -0.39 is 17.4 Å². The molecule has 21 heavy (non-hydrogen) atoms. The molecule has 0 spiro atoms. The summed E-state index contributed by atoms with van der Waals surface area (Å²) in [6, 6.07) is 0.621. The summed E-state index contributed by atoms with van der Waals surface area (Å²) >= 11 is 1.46. The zero-order valence-corrected chi connectivity index (χ0v) is 12.5. The Hall–Kier alpha value is -1.91. The summed E-state index contributed by atoms with van der Waals surface area (Å²) in [6.45, 7) is 2.45. The zero-order valence-electron chi connectivity index (χ0n) is 11.7. The molecule has 0 aliphatic heterocycles. The van der Waals surface area contributed by atoms with Crippen molar-refractivity contribution in [1.82, 2.24) is 9.88 Å². The summed E-state index contributed by atoms with van der Waals surface area (Å²) in [6.07, 6.45) is 6.70. The molecule has 1 aromatic heterocycles. The molecule has 1 aromatic rings. The molecular formula is C14H18N2O4S. The number of thioether (sulfide) groups is 1. The lowest BCUT2D eigenvalue weighted by Gasteiger charge is -2.14. The van der Waals surface area contributed by atoms with Crippen LogP contribution in [0.1, 0.15) is 5.69 Å². The van der Waals surface area contributed by atoms with Crippen LogP contribution in [0.5, 0.6) is 5.75 Å². The first-order chi connectivity index (χ1) is 9.97. The van der Waals surface area contributed by atoms with Gasteiger partial charge in [0.05, 0.1) is 12.2 Å². The number of terminal acetylenes is 1. The maximum Gasteiger partial charge on any atom is 0.321 e. The average Bonchev–Trinajstić information content (AvgIpc) is 2.45. The van der Waals surface area contributed by atoms with Gasteiger partial charge in [0.2, 0.25) is 5.43 Å². The maximum absolute atomic E-state index is 11.2. The molecule has 0 saturated heterocycles. The van der Waals surface area contributed by atoms with Crippen LogP contribution in [0.15, 0.2) is 17.1 Å². The van der Waals surface area contributed by atoms with E-state index in [2.05, 4.69) is 11.2 Å². The van der Waals surface area contributed by atoms with Gasteiger partial charge < -0.3 is 14.8 Å². The minimum Gasteiger partial charge on any atom is -0.503 e. The molecule has 6 nitrogen and oxygen atoms in total. The first kappa shape index (κ1) is 17.1. The van der Waals surface area contributed by atoms with Crippen LogP contribution in [0.3, 0.4) is 0 Å². The standard InChI is InChI=1S/C14H18N2O4S/c1-3-5-15-11(14(19)20)9-21-8-7-16-6-4-12(17)13(18)10(16)2/h1,4,6,11,15,18H,5,7-9H2,2H3,(H,19,20)/t11-/m0/s1. The molecule has 114 valence electrons. The van der Waals surface area contributed by atoms with E-state index in [1.54, 1.807) is 17.7 Å². The number of nitrogens with one attached hydrogen (secondary N) is 1. The number of hydrogen-bond donors (Lipinski definition) is 3. The monoisotopic (exact) mass is 310 g/mol. The minimum atomic E-state index is -0.935. The number of carbonyl (C=O) groups is 1. The van der Waals surface area contributed by atoms with E-state index in [1.165, 1.54) is 17.8 Å². The fourth-order valence-electron chi connectivity index (χ4n) is 1.67. The third-order valence-electron chi connectivity index (χ3n) is 2.92. The Kier molecular flexibility index (Phi) is 6.85. The summed E-state index contributed by atoms with van der Waals surface area (Å²) in [4.78, 5) is 22.2. The third kappa shape index (κ3) is 5.17. The Morgan fingerprint density at radius 3 is 2.95 bits per heavy atom. The fourth-order valence-corrected chi connectivity index (χ4v) is 2.66. The van der Waals surface area contributed by atoms with Gasteiger partial charge in [-0.15, -0.1) is 6.42 Å². The highest BCUT2D eigenvalue weighted by molar-refractivity contribution is 7.99. The second kappa shape index (κ2) is 8.39. The number of carboxylic acids is 1. The van der Waals surface area contributed by atoms with Gasteiger partial charge in [0.15, 0.2) is 5.75 Å². The first-order valence-electron chi connectivity index (χ1n) is 6.33. The van der Waals surface area contributed by atoms with Crippen molar-refractivity contribution in [2.75, 3.05) is 18.1 Å². The van der Waals surface area contributed by atoms with Gasteiger partial charge in [0.1, 0.15) is 6.04 Å². The zero-order chi connectivity index (χ0) is 15.8. The van der Waals surface area contributed by atoms with E-state index in [0.29, 0.717) is 23.7 Å². The van der Waals surface area contributed by atoms with Crippen molar-refractivity contribution in [3.63, 3.8) is 0 Å². The van der Waals surface area contributed by atoms with Gasteiger partial charge in [0, 0.05) is 30.3 Å². The first-order valence-corrected chi connectivity index (χ1v) is 7.49. The fraction of sp³-hybridized carbons (Fsp3) is 0.429. The number of rotatable bonds is 8. The largest absolute Gasteiger partial charge is 0.503 e. The molecule has 1 rings (SSSR count). The van der Waals surface area contributed by atoms with Crippen molar-refractivity contribution >= 4 is 17.7 Å². The summed E-state index contributed by atoms with van der Waals surface area (Å²) in [5.41, 5.74) is 0.101. The van der Waals surface area contributed by atoms with Gasteiger partial charge in [-0.3, -0.25) is 14.9 Å². The highest BCUT2D eigenvalue weighted by Gasteiger charge is 2.15. The van der Waals surface area contributed by atoms with Crippen LogP contribution in [0.4, 0.5) is 0 Å². The lowest BCUT2D eigenvalue weighted by molar-refractivity contribution is -0.138. The van der Waals surface area contributed by atoms with Crippen molar-refractivity contribution in [3.05, 3.63) is 28.2 Å². The second-order valence-corrected chi connectivity index (χ2v) is 5.51. The van der Waals surface area contributed by atoms with Gasteiger partial charge in [-0.2, -0.15) is 11.8 Å². The van der Waals surface area contributed by atoms with Crippen LogP contribution < -0.4 is 10.7 Å². The molecule has 0 aliphatic carbocycles. The summed E-state index contributed by atoms with van der Waals surface area (Å²) in [5, 5.41) is 21.3. The Balaban J connectivity index is 2.47. The molecular weight excluding hydrogens is 292 g/mol. The SMILES string of the molecule is C#CCN[C@@H](CSCCn1ccc(=O)c(O)c1C)C(=O)O. The average molecular weight is 310 g/mol. The summed E-state index contributed by atoms with van der Waals surface area (Å²) < 4.78 is 1.76. The lowest BCUT2D eigenvalue weighted by Crippen LogP contribution is -2.39. The van der Waals surface area contributed by atoms with Crippen LogP contribution in [-0.4, -0.2) is 44.8 Å². The molecule has 3 N–H and O–H groups in total. The quantitative estimate of drug-likeness (QED) is 0.472. The molecule has 0 radical (unpaired) electrons. The molecule has 0 amide bonds. The maximum atomic E-state index is 11.2. The normalized spacial score (nSPS) is 11.8. The van der Waals surface area contributed by atoms with Crippen molar-refractivity contribution in [2.45, 2.75) is 19.5 Å². The highest BCUT2D eigenvalue weighted by Crippen LogP contribution is 2.11. The number of aryl methyl sites for hydroxylation is 1. The molecule has 0 unspecified atom stereocenters. The smallest absolute Gasteiger partial charge is 0.321 e. The molecule has 1 heterocycles. The number of aliphatic carboxylic acids is 1. The molecule has 0 fully saturated rings. The molecule has 0 bridgehead atoms.